The number of carbonyl (C=O) groups excluding carboxylic acids is 1. The van der Waals surface area contributed by atoms with Gasteiger partial charge in [0.2, 0.25) is 0 Å². The van der Waals surface area contributed by atoms with Crippen LogP contribution in [-0.2, 0) is 4.74 Å². The van der Waals surface area contributed by atoms with Crippen LogP contribution in [0.15, 0.2) is 30.6 Å². The maximum absolute atomic E-state index is 11.2. The number of carbonyl (C=O) groups is 1. The van der Waals surface area contributed by atoms with Gasteiger partial charge in [0.1, 0.15) is 5.65 Å². The Morgan fingerprint density at radius 3 is 3.15 bits per heavy atom. The van der Waals surface area contributed by atoms with E-state index in [0.29, 0.717) is 5.65 Å². The van der Waals surface area contributed by atoms with Gasteiger partial charge in [0.15, 0.2) is 0 Å². The largest absolute Gasteiger partial charge is 0.452 e. The summed E-state index contributed by atoms with van der Waals surface area (Å²) >= 11 is 0. The Morgan fingerprint density at radius 2 is 2.38 bits per heavy atom. The average Bonchev–Trinajstić information content (AvgIpc) is 2.60. The van der Waals surface area contributed by atoms with Crippen molar-refractivity contribution in [2.24, 2.45) is 0 Å². The summed E-state index contributed by atoms with van der Waals surface area (Å²) in [4.78, 5) is 15.3. The second-order valence-corrected chi connectivity index (χ2v) is 2.57. The zero-order chi connectivity index (χ0) is 9.26. The van der Waals surface area contributed by atoms with Gasteiger partial charge >= 0.3 is 6.09 Å². The Hall–Kier alpha value is -1.84. The summed E-state index contributed by atoms with van der Waals surface area (Å²) in [6.07, 6.45) is 2.86. The van der Waals surface area contributed by atoms with E-state index in [1.165, 1.54) is 11.7 Å². The van der Waals surface area contributed by atoms with E-state index in [-0.39, 0.29) is 0 Å². The minimum Gasteiger partial charge on any atom is -0.452 e. The molecule has 66 valence electrons. The van der Waals surface area contributed by atoms with E-state index in [1.54, 1.807) is 12.4 Å². The van der Waals surface area contributed by atoms with Crippen LogP contribution in [0.5, 0.6) is 0 Å². The van der Waals surface area contributed by atoms with E-state index in [1.807, 2.05) is 18.2 Å². The Balaban J connectivity index is 2.64. The topological polar surface area (TPSA) is 44.1 Å². The first-order valence-corrected chi connectivity index (χ1v) is 3.83. The van der Waals surface area contributed by atoms with Gasteiger partial charge in [-0.05, 0) is 18.2 Å². The van der Waals surface area contributed by atoms with Crippen LogP contribution in [0.2, 0.25) is 0 Å². The fraction of sp³-hybridized carbons (Fsp3) is 0.111. The molecule has 2 aromatic rings. The lowest BCUT2D eigenvalue weighted by Crippen LogP contribution is -2.10. The van der Waals surface area contributed by atoms with Crippen LogP contribution in [0.25, 0.3) is 11.0 Å². The molecule has 0 saturated heterocycles. The van der Waals surface area contributed by atoms with Gasteiger partial charge in [-0.25, -0.2) is 14.3 Å². The van der Waals surface area contributed by atoms with E-state index in [4.69, 9.17) is 0 Å². The number of hydrogen-bond donors (Lipinski definition) is 0. The summed E-state index contributed by atoms with van der Waals surface area (Å²) in [6, 6.07) is 5.53. The minimum absolute atomic E-state index is 0.423. The van der Waals surface area contributed by atoms with Gasteiger partial charge < -0.3 is 4.74 Å². The summed E-state index contributed by atoms with van der Waals surface area (Å²) in [7, 11) is 1.34. The molecule has 0 saturated carbocycles. The third-order valence-electron chi connectivity index (χ3n) is 1.82. The Bertz CT molecular complexity index is 448. The van der Waals surface area contributed by atoms with Crippen LogP contribution in [0, 0.1) is 0 Å². The number of rotatable bonds is 0. The van der Waals surface area contributed by atoms with Crippen molar-refractivity contribution < 1.29 is 9.53 Å². The molecule has 0 bridgehead atoms. The second-order valence-electron chi connectivity index (χ2n) is 2.57. The Kier molecular flexibility index (Phi) is 1.73. The van der Waals surface area contributed by atoms with E-state index in [9.17, 15) is 4.79 Å². The molecular formula is C9H8N2O2. The van der Waals surface area contributed by atoms with Gasteiger partial charge in [0, 0.05) is 17.8 Å². The van der Waals surface area contributed by atoms with Crippen LogP contribution in [0.1, 0.15) is 0 Å². The molecule has 2 rings (SSSR count). The monoisotopic (exact) mass is 176 g/mol. The van der Waals surface area contributed by atoms with Gasteiger partial charge in [0.25, 0.3) is 0 Å². The molecule has 0 aliphatic carbocycles. The number of ether oxygens (including phenoxy) is 1. The molecule has 13 heavy (non-hydrogen) atoms. The average molecular weight is 176 g/mol. The molecule has 0 atom stereocenters. The number of nitrogens with zero attached hydrogens (tertiary/aromatic N) is 2. The van der Waals surface area contributed by atoms with Gasteiger partial charge in [0.05, 0.1) is 7.11 Å². The van der Waals surface area contributed by atoms with Crippen molar-refractivity contribution in [2.45, 2.75) is 0 Å². The van der Waals surface area contributed by atoms with Crippen LogP contribution in [-0.4, -0.2) is 22.8 Å². The molecule has 0 N–H and O–H groups in total. The lowest BCUT2D eigenvalue weighted by atomic mass is 10.3. The van der Waals surface area contributed by atoms with E-state index >= 15 is 0 Å². The fourth-order valence-corrected chi connectivity index (χ4v) is 1.21. The Morgan fingerprint density at radius 1 is 1.54 bits per heavy atom. The fourth-order valence-electron chi connectivity index (χ4n) is 1.21. The molecule has 0 spiro atoms. The molecule has 0 aromatic carbocycles. The van der Waals surface area contributed by atoms with E-state index in [2.05, 4.69) is 9.72 Å². The van der Waals surface area contributed by atoms with Gasteiger partial charge in [-0.15, -0.1) is 0 Å². The maximum Gasteiger partial charge on any atom is 0.419 e. The number of aromatic nitrogens is 2. The summed E-state index contributed by atoms with van der Waals surface area (Å²) in [5.41, 5.74) is 0.620. The van der Waals surface area contributed by atoms with E-state index in [0.717, 1.165) is 5.39 Å². The number of fused-ring (bicyclic) bond motifs is 1. The summed E-state index contributed by atoms with van der Waals surface area (Å²) in [5, 5.41) is 0.924. The molecule has 2 heterocycles. The predicted octanol–water partition coefficient (Wildman–Crippen LogP) is 1.65. The molecule has 0 aliphatic rings. The molecule has 0 amide bonds. The smallest absolute Gasteiger partial charge is 0.419 e. The van der Waals surface area contributed by atoms with Crippen molar-refractivity contribution in [3.05, 3.63) is 30.6 Å². The lowest BCUT2D eigenvalue weighted by molar-refractivity contribution is 0.174. The molecule has 0 unspecified atom stereocenters. The van der Waals surface area contributed by atoms with E-state index < -0.39 is 6.09 Å². The van der Waals surface area contributed by atoms with Crippen LogP contribution >= 0.6 is 0 Å². The highest BCUT2D eigenvalue weighted by Crippen LogP contribution is 2.11. The predicted molar refractivity (Wildman–Crippen MR) is 47.5 cm³/mol. The molecule has 0 fully saturated rings. The lowest BCUT2D eigenvalue weighted by Gasteiger charge is -1.99. The zero-order valence-corrected chi connectivity index (χ0v) is 7.10. The SMILES string of the molecule is COC(=O)n1ccc2cccnc21. The van der Waals surface area contributed by atoms with Gasteiger partial charge in [-0.1, -0.05) is 0 Å². The number of pyridine rings is 1. The normalized spacial score (nSPS) is 10.2. The third kappa shape index (κ3) is 1.16. The molecule has 4 nitrogen and oxygen atoms in total. The van der Waals surface area contributed by atoms with Crippen molar-refractivity contribution in [3.63, 3.8) is 0 Å². The minimum atomic E-state index is -0.423. The van der Waals surface area contributed by atoms with Crippen molar-refractivity contribution >= 4 is 17.1 Å². The summed E-state index contributed by atoms with van der Waals surface area (Å²) in [5.74, 6) is 0. The second kappa shape index (κ2) is 2.90. The quantitative estimate of drug-likeness (QED) is 0.613. The van der Waals surface area contributed by atoms with Crippen molar-refractivity contribution in [1.29, 1.82) is 0 Å². The van der Waals surface area contributed by atoms with Crippen LogP contribution < -0.4 is 0 Å². The zero-order valence-electron chi connectivity index (χ0n) is 7.10. The van der Waals surface area contributed by atoms with Gasteiger partial charge in [-0.2, -0.15) is 0 Å². The summed E-state index contributed by atoms with van der Waals surface area (Å²) in [6.45, 7) is 0. The first-order chi connectivity index (χ1) is 6.33. The molecule has 0 aliphatic heterocycles. The third-order valence-corrected chi connectivity index (χ3v) is 1.82. The first-order valence-electron chi connectivity index (χ1n) is 3.83. The Labute approximate surface area is 74.8 Å². The molecule has 0 radical (unpaired) electrons. The summed E-state index contributed by atoms with van der Waals surface area (Å²) < 4.78 is 5.96. The highest BCUT2D eigenvalue weighted by molar-refractivity contribution is 5.86. The standard InChI is InChI=1S/C9H8N2O2/c1-13-9(12)11-6-4-7-3-2-5-10-8(7)11/h2-6H,1H3. The first kappa shape index (κ1) is 7.79. The van der Waals surface area contributed by atoms with Crippen LogP contribution in [0.3, 0.4) is 0 Å². The van der Waals surface area contributed by atoms with Crippen LogP contribution in [0.4, 0.5) is 4.79 Å². The maximum atomic E-state index is 11.2. The molecule has 4 heteroatoms. The molecular weight excluding hydrogens is 168 g/mol. The van der Waals surface area contributed by atoms with Gasteiger partial charge in [-0.3, -0.25) is 0 Å². The van der Waals surface area contributed by atoms with Crippen molar-refractivity contribution in [3.8, 4) is 0 Å². The number of hydrogen-bond acceptors (Lipinski definition) is 3. The highest BCUT2D eigenvalue weighted by Gasteiger charge is 2.07. The highest BCUT2D eigenvalue weighted by atomic mass is 16.5. The van der Waals surface area contributed by atoms with Crippen molar-refractivity contribution in [1.82, 2.24) is 9.55 Å². The number of methoxy groups -OCH3 is 1. The van der Waals surface area contributed by atoms with Crippen molar-refractivity contribution in [2.75, 3.05) is 7.11 Å². The molecule has 2 aromatic heterocycles.